The summed E-state index contributed by atoms with van der Waals surface area (Å²) < 4.78 is 32.3. The lowest BCUT2D eigenvalue weighted by atomic mass is 10.5. The van der Waals surface area contributed by atoms with E-state index in [1.807, 2.05) is 20.8 Å². The number of hydrogen-bond acceptors (Lipinski definition) is 7. The first-order valence-electron chi connectivity index (χ1n) is 8.53. The van der Waals surface area contributed by atoms with Crippen molar-refractivity contribution < 1.29 is 32.3 Å². The number of rotatable bonds is 16. The summed E-state index contributed by atoms with van der Waals surface area (Å²) in [5.74, 6) is 0. The van der Waals surface area contributed by atoms with E-state index in [1.54, 1.807) is 7.11 Å². The van der Waals surface area contributed by atoms with Gasteiger partial charge in [0.1, 0.15) is 6.61 Å². The minimum absolute atomic E-state index is 0.213. The Morgan fingerprint density at radius 3 is 2.04 bits per heavy atom. The molecular formula is C15H33NO7Si. The molecule has 0 aliphatic carbocycles. The van der Waals surface area contributed by atoms with Crippen molar-refractivity contribution in [2.75, 3.05) is 59.9 Å². The number of carbonyl (C=O) groups is 1. The second-order valence-corrected chi connectivity index (χ2v) is 7.49. The average Bonchev–Trinajstić information content (AvgIpc) is 2.56. The van der Waals surface area contributed by atoms with Crippen LogP contribution >= 0.6 is 0 Å². The Kier molecular flexibility index (Phi) is 15.3. The zero-order valence-electron chi connectivity index (χ0n) is 15.4. The third-order valence-corrected chi connectivity index (χ3v) is 6.07. The lowest BCUT2D eigenvalue weighted by Gasteiger charge is -2.28. The molecule has 1 amide bonds. The largest absolute Gasteiger partial charge is 0.500 e. The summed E-state index contributed by atoms with van der Waals surface area (Å²) in [6, 6.07) is 0.656. The maximum atomic E-state index is 11.5. The van der Waals surface area contributed by atoms with Crippen LogP contribution in [0.3, 0.4) is 0 Å². The predicted octanol–water partition coefficient (Wildman–Crippen LogP) is 1.81. The number of carbonyl (C=O) groups excluding carboxylic acids is 1. The third-order valence-electron chi connectivity index (χ3n) is 2.91. The molecule has 24 heavy (non-hydrogen) atoms. The second kappa shape index (κ2) is 15.8. The highest BCUT2D eigenvalue weighted by atomic mass is 28.4. The summed E-state index contributed by atoms with van der Waals surface area (Å²) in [7, 11) is -1.03. The smallest absolute Gasteiger partial charge is 0.447 e. The fraction of sp³-hybridized carbons (Fsp3) is 0.933. The lowest BCUT2D eigenvalue weighted by Crippen LogP contribution is -2.46. The van der Waals surface area contributed by atoms with Crippen LogP contribution in [0.2, 0.25) is 6.04 Å². The van der Waals surface area contributed by atoms with E-state index in [9.17, 15) is 4.79 Å². The minimum Gasteiger partial charge on any atom is -0.447 e. The van der Waals surface area contributed by atoms with Crippen molar-refractivity contribution in [3.05, 3.63) is 0 Å². The number of amides is 1. The van der Waals surface area contributed by atoms with Crippen molar-refractivity contribution in [2.45, 2.75) is 33.2 Å². The van der Waals surface area contributed by atoms with Crippen LogP contribution in [0.25, 0.3) is 0 Å². The van der Waals surface area contributed by atoms with Gasteiger partial charge in [0, 0.05) is 39.5 Å². The molecule has 0 atom stereocenters. The van der Waals surface area contributed by atoms with Gasteiger partial charge in [-0.05, 0) is 27.2 Å². The molecule has 144 valence electrons. The number of methoxy groups -OCH3 is 1. The minimum atomic E-state index is -2.64. The molecule has 0 aromatic rings. The molecule has 0 saturated carbocycles. The Morgan fingerprint density at radius 1 is 0.917 bits per heavy atom. The zero-order valence-corrected chi connectivity index (χ0v) is 16.4. The van der Waals surface area contributed by atoms with Crippen molar-refractivity contribution in [1.82, 2.24) is 5.32 Å². The molecule has 1 N–H and O–H groups in total. The highest BCUT2D eigenvalue weighted by Gasteiger charge is 2.39. The van der Waals surface area contributed by atoms with E-state index in [0.29, 0.717) is 58.7 Å². The van der Waals surface area contributed by atoms with Crippen molar-refractivity contribution in [3.63, 3.8) is 0 Å². The Bertz CT molecular complexity index is 291. The van der Waals surface area contributed by atoms with Crippen LogP contribution < -0.4 is 5.32 Å². The summed E-state index contributed by atoms with van der Waals surface area (Å²) in [6.45, 7) is 9.46. The van der Waals surface area contributed by atoms with Crippen molar-refractivity contribution in [2.24, 2.45) is 0 Å². The molecule has 0 aliphatic rings. The third kappa shape index (κ3) is 11.8. The van der Waals surface area contributed by atoms with Gasteiger partial charge in [0.15, 0.2) is 0 Å². The zero-order chi connectivity index (χ0) is 18.1. The van der Waals surface area contributed by atoms with E-state index < -0.39 is 14.9 Å². The quantitative estimate of drug-likeness (QED) is 0.329. The Balaban J connectivity index is 3.87. The molecule has 8 nitrogen and oxygen atoms in total. The molecular weight excluding hydrogens is 334 g/mol. The average molecular weight is 368 g/mol. The van der Waals surface area contributed by atoms with E-state index in [2.05, 4.69) is 5.32 Å². The Hall–Kier alpha value is -0.713. The summed E-state index contributed by atoms with van der Waals surface area (Å²) in [5, 5.41) is 2.70. The van der Waals surface area contributed by atoms with Crippen LogP contribution in [0, 0.1) is 0 Å². The van der Waals surface area contributed by atoms with Gasteiger partial charge in [0.2, 0.25) is 0 Å². The maximum Gasteiger partial charge on any atom is 0.500 e. The first-order valence-corrected chi connectivity index (χ1v) is 10.5. The first-order chi connectivity index (χ1) is 11.6. The molecule has 0 rings (SSSR count). The van der Waals surface area contributed by atoms with Gasteiger partial charge < -0.3 is 32.8 Å². The molecule has 0 aliphatic heterocycles. The molecule has 0 unspecified atom stereocenters. The van der Waals surface area contributed by atoms with Crippen molar-refractivity contribution in [3.8, 4) is 0 Å². The van der Waals surface area contributed by atoms with Crippen molar-refractivity contribution >= 4 is 14.9 Å². The highest BCUT2D eigenvalue weighted by molar-refractivity contribution is 6.60. The van der Waals surface area contributed by atoms with Crippen LogP contribution in [0.5, 0.6) is 0 Å². The molecule has 9 heteroatoms. The lowest BCUT2D eigenvalue weighted by molar-refractivity contribution is 0.0420. The normalized spacial score (nSPS) is 11.5. The van der Waals surface area contributed by atoms with Crippen LogP contribution in [-0.2, 0) is 27.5 Å². The van der Waals surface area contributed by atoms with Crippen LogP contribution in [0.1, 0.15) is 27.2 Å². The van der Waals surface area contributed by atoms with Gasteiger partial charge in [-0.25, -0.2) is 4.79 Å². The van der Waals surface area contributed by atoms with Gasteiger partial charge in [-0.3, -0.25) is 0 Å². The van der Waals surface area contributed by atoms with Gasteiger partial charge in [-0.1, -0.05) is 0 Å². The van der Waals surface area contributed by atoms with Gasteiger partial charge >= 0.3 is 14.9 Å². The fourth-order valence-corrected chi connectivity index (χ4v) is 4.60. The van der Waals surface area contributed by atoms with E-state index in [0.717, 1.165) is 0 Å². The standard InChI is InChI=1S/C15H33NO7Si/c1-5-21-24(22-6-2,23-7-3)14-8-9-16-15(17)20-13-12-19-11-10-18-4/h5-14H2,1-4H3,(H,16,17). The molecule has 0 bridgehead atoms. The molecule has 0 aromatic heterocycles. The second-order valence-electron chi connectivity index (χ2n) is 4.75. The summed E-state index contributed by atoms with van der Waals surface area (Å²) in [4.78, 5) is 11.5. The number of hydrogen-bond donors (Lipinski definition) is 1. The van der Waals surface area contributed by atoms with E-state index in [1.165, 1.54) is 0 Å². The highest BCUT2D eigenvalue weighted by Crippen LogP contribution is 2.17. The first kappa shape index (κ1) is 23.3. The van der Waals surface area contributed by atoms with E-state index in [-0.39, 0.29) is 6.61 Å². The summed E-state index contributed by atoms with van der Waals surface area (Å²) in [5.41, 5.74) is 0. The van der Waals surface area contributed by atoms with Crippen LogP contribution in [0.15, 0.2) is 0 Å². The van der Waals surface area contributed by atoms with Crippen molar-refractivity contribution in [1.29, 1.82) is 0 Å². The molecule has 0 saturated heterocycles. The Labute approximate surface area is 146 Å². The summed E-state index contributed by atoms with van der Waals surface area (Å²) >= 11 is 0. The van der Waals surface area contributed by atoms with Gasteiger partial charge in [0.05, 0.1) is 19.8 Å². The molecule has 0 fully saturated rings. The van der Waals surface area contributed by atoms with E-state index in [4.69, 9.17) is 27.5 Å². The molecule has 0 radical (unpaired) electrons. The predicted molar refractivity (Wildman–Crippen MR) is 92.1 cm³/mol. The molecule has 0 heterocycles. The summed E-state index contributed by atoms with van der Waals surface area (Å²) in [6.07, 6.45) is 0.243. The number of alkyl carbamates (subject to hydrolysis) is 1. The Morgan fingerprint density at radius 2 is 1.50 bits per heavy atom. The monoisotopic (exact) mass is 367 g/mol. The number of ether oxygens (including phenoxy) is 3. The molecule has 0 spiro atoms. The fourth-order valence-electron chi connectivity index (χ4n) is 1.99. The van der Waals surface area contributed by atoms with Crippen LogP contribution in [0.4, 0.5) is 4.79 Å². The van der Waals surface area contributed by atoms with Gasteiger partial charge in [-0.15, -0.1) is 0 Å². The van der Waals surface area contributed by atoms with Gasteiger partial charge in [0.25, 0.3) is 0 Å². The molecule has 0 aromatic carbocycles. The SMILES string of the molecule is CCO[Si](CCCNC(=O)OCCOCCOC)(OCC)OCC. The van der Waals surface area contributed by atoms with E-state index >= 15 is 0 Å². The van der Waals surface area contributed by atoms with Crippen LogP contribution in [-0.4, -0.2) is 74.8 Å². The maximum absolute atomic E-state index is 11.5. The number of nitrogens with one attached hydrogen (secondary N) is 1. The van der Waals surface area contributed by atoms with Gasteiger partial charge in [-0.2, -0.15) is 0 Å². The topological polar surface area (TPSA) is 84.5 Å².